The van der Waals surface area contributed by atoms with Crippen LogP contribution in [-0.4, -0.2) is 62.8 Å². The molecule has 1 aromatic carbocycles. The van der Waals surface area contributed by atoms with Crippen molar-refractivity contribution in [3.05, 3.63) is 29.8 Å². The van der Waals surface area contributed by atoms with E-state index in [2.05, 4.69) is 16.3 Å². The summed E-state index contributed by atoms with van der Waals surface area (Å²) in [6.45, 7) is 4.45. The van der Waals surface area contributed by atoms with E-state index in [4.69, 9.17) is 9.47 Å². The van der Waals surface area contributed by atoms with Gasteiger partial charge >= 0.3 is 6.03 Å². The van der Waals surface area contributed by atoms with Gasteiger partial charge in [-0.2, -0.15) is 0 Å². The molecule has 0 spiro atoms. The van der Waals surface area contributed by atoms with E-state index in [0.717, 1.165) is 32.7 Å². The van der Waals surface area contributed by atoms with Crippen molar-refractivity contribution in [2.75, 3.05) is 52.3 Å². The van der Waals surface area contributed by atoms with Crippen LogP contribution in [0, 0.1) is 0 Å². The molecule has 1 N–H and O–H groups in total. The number of nitrogens with zero attached hydrogens (tertiary/aromatic N) is 2. The van der Waals surface area contributed by atoms with Gasteiger partial charge in [0.25, 0.3) is 0 Å². The summed E-state index contributed by atoms with van der Waals surface area (Å²) in [4.78, 5) is 17.0. The van der Waals surface area contributed by atoms with E-state index in [1.54, 1.807) is 31.9 Å². The molecular formula is C21H31N3O3. The quantitative estimate of drug-likeness (QED) is 0.772. The maximum absolute atomic E-state index is 12.6. The summed E-state index contributed by atoms with van der Waals surface area (Å²) >= 11 is 0. The molecule has 2 amide bonds. The summed E-state index contributed by atoms with van der Waals surface area (Å²) < 4.78 is 10.6. The van der Waals surface area contributed by atoms with E-state index >= 15 is 0 Å². The van der Waals surface area contributed by atoms with Crippen LogP contribution in [-0.2, 0) is 0 Å². The van der Waals surface area contributed by atoms with Gasteiger partial charge in [-0.25, -0.2) is 4.79 Å². The Hall–Kier alpha value is -2.21. The molecule has 2 aliphatic rings. The summed E-state index contributed by atoms with van der Waals surface area (Å²) in [5.74, 6) is 1.32. The molecule has 3 rings (SSSR count). The first-order valence-electron chi connectivity index (χ1n) is 9.88. The Morgan fingerprint density at radius 2 is 1.93 bits per heavy atom. The van der Waals surface area contributed by atoms with E-state index in [0.29, 0.717) is 17.2 Å². The fourth-order valence-corrected chi connectivity index (χ4v) is 3.71. The first kappa shape index (κ1) is 19.5. The highest BCUT2D eigenvalue weighted by Crippen LogP contribution is 2.29. The number of anilines is 1. The van der Waals surface area contributed by atoms with Crippen molar-refractivity contribution in [2.24, 2.45) is 0 Å². The molecule has 6 nitrogen and oxygen atoms in total. The minimum Gasteiger partial charge on any atom is -0.497 e. The summed E-state index contributed by atoms with van der Waals surface area (Å²) in [5, 5.41) is 2.96. The number of hydrogen-bond donors (Lipinski definition) is 1. The minimum atomic E-state index is -0.0869. The monoisotopic (exact) mass is 373 g/mol. The van der Waals surface area contributed by atoms with Crippen molar-refractivity contribution in [1.82, 2.24) is 9.80 Å². The lowest BCUT2D eigenvalue weighted by Crippen LogP contribution is -2.50. The molecular weight excluding hydrogens is 342 g/mol. The third-order valence-electron chi connectivity index (χ3n) is 5.44. The first-order chi connectivity index (χ1) is 13.2. The van der Waals surface area contributed by atoms with Gasteiger partial charge in [0.05, 0.1) is 19.9 Å². The first-order valence-corrected chi connectivity index (χ1v) is 9.88. The number of amides is 2. The van der Waals surface area contributed by atoms with Crippen molar-refractivity contribution in [2.45, 2.75) is 32.1 Å². The van der Waals surface area contributed by atoms with Crippen LogP contribution in [0.25, 0.3) is 0 Å². The fraction of sp³-hybridized carbons (Fsp3) is 0.571. The van der Waals surface area contributed by atoms with Crippen molar-refractivity contribution >= 4 is 11.7 Å². The molecule has 27 heavy (non-hydrogen) atoms. The van der Waals surface area contributed by atoms with Crippen LogP contribution in [0.1, 0.15) is 32.1 Å². The van der Waals surface area contributed by atoms with Crippen LogP contribution in [0.2, 0.25) is 0 Å². The molecule has 1 fully saturated rings. The number of piperazine rings is 1. The van der Waals surface area contributed by atoms with Crippen LogP contribution < -0.4 is 14.8 Å². The maximum Gasteiger partial charge on any atom is 0.322 e. The van der Waals surface area contributed by atoms with Crippen molar-refractivity contribution in [1.29, 1.82) is 0 Å². The number of rotatable bonds is 6. The summed E-state index contributed by atoms with van der Waals surface area (Å²) in [5.41, 5.74) is 2.25. The van der Waals surface area contributed by atoms with Crippen molar-refractivity contribution < 1.29 is 14.3 Å². The third-order valence-corrected chi connectivity index (χ3v) is 5.44. The lowest BCUT2D eigenvalue weighted by molar-refractivity contribution is 0.148. The van der Waals surface area contributed by atoms with Gasteiger partial charge in [-0.3, -0.25) is 4.90 Å². The Bertz CT molecular complexity index is 667. The normalized spacial score (nSPS) is 18.0. The molecule has 0 bridgehead atoms. The number of carbonyl (C=O) groups excluding carboxylic acids is 1. The van der Waals surface area contributed by atoms with Gasteiger partial charge in [0.2, 0.25) is 0 Å². The molecule has 0 atom stereocenters. The molecule has 0 aromatic heterocycles. The Morgan fingerprint density at radius 3 is 2.59 bits per heavy atom. The third kappa shape index (κ3) is 5.39. The predicted molar refractivity (Wildman–Crippen MR) is 108 cm³/mol. The second-order valence-electron chi connectivity index (χ2n) is 7.18. The van der Waals surface area contributed by atoms with Crippen LogP contribution in [0.5, 0.6) is 11.5 Å². The van der Waals surface area contributed by atoms with E-state index in [-0.39, 0.29) is 6.03 Å². The van der Waals surface area contributed by atoms with Gasteiger partial charge in [0.1, 0.15) is 11.5 Å². The average molecular weight is 373 g/mol. The second-order valence-corrected chi connectivity index (χ2v) is 7.18. The van der Waals surface area contributed by atoms with E-state index in [1.165, 1.54) is 32.1 Å². The topological polar surface area (TPSA) is 54.0 Å². The SMILES string of the molecule is COc1ccc(OC)c(NC(=O)N2CCN(CCC3=CCCCC3)CC2)c1. The summed E-state index contributed by atoms with van der Waals surface area (Å²) in [7, 11) is 3.20. The number of methoxy groups -OCH3 is 2. The van der Waals surface area contributed by atoms with Gasteiger partial charge in [-0.1, -0.05) is 11.6 Å². The highest BCUT2D eigenvalue weighted by Gasteiger charge is 2.22. The van der Waals surface area contributed by atoms with Gasteiger partial charge in [-0.15, -0.1) is 0 Å². The Kier molecular flexibility index (Phi) is 6.98. The number of carbonyl (C=O) groups is 1. The Balaban J connectivity index is 1.48. The molecule has 1 aliphatic carbocycles. The highest BCUT2D eigenvalue weighted by molar-refractivity contribution is 5.91. The Morgan fingerprint density at radius 1 is 1.11 bits per heavy atom. The van der Waals surface area contributed by atoms with E-state index in [9.17, 15) is 4.79 Å². The molecule has 1 heterocycles. The summed E-state index contributed by atoms with van der Waals surface area (Å²) in [6.07, 6.45) is 8.80. The zero-order valence-electron chi connectivity index (χ0n) is 16.5. The minimum absolute atomic E-state index is 0.0869. The molecule has 0 saturated carbocycles. The number of urea groups is 1. The second kappa shape index (κ2) is 9.65. The number of hydrogen-bond acceptors (Lipinski definition) is 4. The van der Waals surface area contributed by atoms with Crippen LogP contribution in [0.4, 0.5) is 10.5 Å². The lowest BCUT2D eigenvalue weighted by atomic mass is 9.97. The van der Waals surface area contributed by atoms with Gasteiger partial charge in [-0.05, 0) is 44.2 Å². The van der Waals surface area contributed by atoms with E-state index < -0.39 is 0 Å². The van der Waals surface area contributed by atoms with Gasteiger partial charge in [0, 0.05) is 38.8 Å². The lowest BCUT2D eigenvalue weighted by Gasteiger charge is -2.35. The van der Waals surface area contributed by atoms with Crippen molar-refractivity contribution in [3.63, 3.8) is 0 Å². The molecule has 148 valence electrons. The zero-order chi connectivity index (χ0) is 19.1. The Labute approximate surface area is 162 Å². The number of ether oxygens (including phenoxy) is 2. The van der Waals surface area contributed by atoms with Crippen LogP contribution in [0.15, 0.2) is 29.8 Å². The molecule has 1 aromatic rings. The van der Waals surface area contributed by atoms with Gasteiger partial charge < -0.3 is 19.7 Å². The maximum atomic E-state index is 12.6. The van der Waals surface area contributed by atoms with Crippen molar-refractivity contribution in [3.8, 4) is 11.5 Å². The predicted octanol–water partition coefficient (Wildman–Crippen LogP) is 3.74. The number of benzene rings is 1. The average Bonchev–Trinajstić information content (AvgIpc) is 2.73. The molecule has 6 heteroatoms. The molecule has 1 aliphatic heterocycles. The summed E-state index contributed by atoms with van der Waals surface area (Å²) in [6, 6.07) is 5.31. The highest BCUT2D eigenvalue weighted by atomic mass is 16.5. The number of allylic oxidation sites excluding steroid dienone is 1. The molecule has 0 unspecified atom stereocenters. The van der Waals surface area contributed by atoms with E-state index in [1.807, 2.05) is 11.0 Å². The number of nitrogens with one attached hydrogen (secondary N) is 1. The van der Waals surface area contributed by atoms with Crippen LogP contribution >= 0.6 is 0 Å². The molecule has 0 radical (unpaired) electrons. The fourth-order valence-electron chi connectivity index (χ4n) is 3.71. The van der Waals surface area contributed by atoms with Gasteiger partial charge in [0.15, 0.2) is 0 Å². The largest absolute Gasteiger partial charge is 0.497 e. The zero-order valence-corrected chi connectivity index (χ0v) is 16.5. The van der Waals surface area contributed by atoms with Crippen LogP contribution in [0.3, 0.4) is 0 Å². The smallest absolute Gasteiger partial charge is 0.322 e. The standard InChI is InChI=1S/C21H31N3O3/c1-26-18-8-9-20(27-2)19(16-18)22-21(25)24-14-12-23(13-15-24)11-10-17-6-4-3-5-7-17/h6,8-9,16H,3-5,7,10-15H2,1-2H3,(H,22,25). The molecule has 1 saturated heterocycles.